The molecular formula is C19H24FN7O3. The van der Waals surface area contributed by atoms with Crippen molar-refractivity contribution in [1.29, 1.82) is 0 Å². The van der Waals surface area contributed by atoms with Crippen LogP contribution >= 0.6 is 0 Å². The van der Waals surface area contributed by atoms with E-state index in [4.69, 9.17) is 20.9 Å². The van der Waals surface area contributed by atoms with Gasteiger partial charge in [0, 0.05) is 12.7 Å². The second kappa shape index (κ2) is 7.67. The zero-order valence-electron chi connectivity index (χ0n) is 16.6. The Bertz CT molecular complexity index is 1040. The summed E-state index contributed by atoms with van der Waals surface area (Å²) in [6.07, 6.45) is -1.61. The van der Waals surface area contributed by atoms with Gasteiger partial charge >= 0.3 is 0 Å². The number of anilines is 3. The zero-order chi connectivity index (χ0) is 21.5. The van der Waals surface area contributed by atoms with E-state index < -0.39 is 30.7 Å². The molecule has 3 aromatic rings. The molecule has 1 fully saturated rings. The summed E-state index contributed by atoms with van der Waals surface area (Å²) in [6, 6.07) is 7.08. The average Bonchev–Trinajstić information content (AvgIpc) is 3.24. The summed E-state index contributed by atoms with van der Waals surface area (Å²) in [5.41, 5.74) is 11.7. The monoisotopic (exact) mass is 417 g/mol. The van der Waals surface area contributed by atoms with Gasteiger partial charge in [-0.2, -0.15) is 9.97 Å². The Kier molecular flexibility index (Phi) is 5.18. The number of nitrogens with two attached hydrogens (primary N) is 2. The van der Waals surface area contributed by atoms with E-state index in [1.54, 1.807) is 31.3 Å². The van der Waals surface area contributed by atoms with Gasteiger partial charge in [-0.3, -0.25) is 4.57 Å². The fourth-order valence-electron chi connectivity index (χ4n) is 3.70. The Balaban J connectivity index is 1.64. The van der Waals surface area contributed by atoms with Crippen LogP contribution in [0.3, 0.4) is 0 Å². The third-order valence-corrected chi connectivity index (χ3v) is 5.20. The molecule has 0 spiro atoms. The van der Waals surface area contributed by atoms with Crippen LogP contribution in [0.15, 0.2) is 30.6 Å². The first-order chi connectivity index (χ1) is 14.3. The summed E-state index contributed by atoms with van der Waals surface area (Å²) >= 11 is 0. The highest BCUT2D eigenvalue weighted by molar-refractivity contribution is 5.84. The number of fused-ring (bicyclic) bond motifs is 1. The number of halogens is 1. The lowest BCUT2D eigenvalue weighted by Gasteiger charge is -2.28. The predicted octanol–water partition coefficient (Wildman–Crippen LogP) is 1.24. The van der Waals surface area contributed by atoms with Crippen molar-refractivity contribution < 1.29 is 19.0 Å². The van der Waals surface area contributed by atoms with Gasteiger partial charge in [-0.25, -0.2) is 9.37 Å². The molecule has 160 valence electrons. The lowest BCUT2D eigenvalue weighted by Crippen LogP contribution is -2.42. The van der Waals surface area contributed by atoms with Gasteiger partial charge < -0.3 is 31.4 Å². The maximum atomic E-state index is 16.0. The molecule has 3 heterocycles. The van der Waals surface area contributed by atoms with E-state index in [1.807, 2.05) is 0 Å². The highest BCUT2D eigenvalue weighted by atomic mass is 19.1. The number of ether oxygens (including phenoxy) is 2. The number of nitrogens with zero attached hydrogens (tertiary/aromatic N) is 4. The molecule has 1 aromatic carbocycles. The molecule has 10 nitrogen and oxygen atoms in total. The van der Waals surface area contributed by atoms with Crippen molar-refractivity contribution in [2.45, 2.75) is 37.6 Å². The molecule has 1 saturated heterocycles. The first-order valence-electron chi connectivity index (χ1n) is 9.44. The molecule has 0 aliphatic carbocycles. The van der Waals surface area contributed by atoms with Gasteiger partial charge in [-0.05, 0) is 24.6 Å². The average molecular weight is 417 g/mol. The van der Waals surface area contributed by atoms with Crippen LogP contribution in [0, 0.1) is 0 Å². The molecule has 2 aromatic heterocycles. The SMILES string of the molecule is CNc1nc(N)nc2c1ncn2[C@@H]1O[C@H](CO)[C@@H](OCc2ccc(N)cc2)[C@@]1(C)F. The van der Waals surface area contributed by atoms with Gasteiger partial charge in [0.1, 0.15) is 12.2 Å². The number of hydrogen-bond acceptors (Lipinski definition) is 9. The summed E-state index contributed by atoms with van der Waals surface area (Å²) in [4.78, 5) is 12.6. The second-order valence-corrected chi connectivity index (χ2v) is 7.34. The quantitative estimate of drug-likeness (QED) is 0.435. The van der Waals surface area contributed by atoms with E-state index in [9.17, 15) is 5.11 Å². The van der Waals surface area contributed by atoms with Crippen molar-refractivity contribution in [2.75, 3.05) is 30.4 Å². The minimum atomic E-state index is -1.99. The Morgan fingerprint density at radius 2 is 2.03 bits per heavy atom. The van der Waals surface area contributed by atoms with Gasteiger partial charge in [-0.15, -0.1) is 0 Å². The summed E-state index contributed by atoms with van der Waals surface area (Å²) in [5, 5.41) is 12.7. The number of nitrogen functional groups attached to an aromatic ring is 2. The Hall–Kier alpha value is -3.02. The van der Waals surface area contributed by atoms with E-state index in [2.05, 4.69) is 20.3 Å². The molecule has 1 aliphatic rings. The fourth-order valence-corrected chi connectivity index (χ4v) is 3.70. The molecule has 0 unspecified atom stereocenters. The molecule has 30 heavy (non-hydrogen) atoms. The minimum absolute atomic E-state index is 0.0158. The van der Waals surface area contributed by atoms with Crippen molar-refractivity contribution >= 4 is 28.6 Å². The Morgan fingerprint density at radius 3 is 2.70 bits per heavy atom. The normalized spacial score (nSPS) is 26.3. The third kappa shape index (κ3) is 3.40. The lowest BCUT2D eigenvalue weighted by molar-refractivity contribution is -0.0675. The lowest BCUT2D eigenvalue weighted by atomic mass is 9.98. The molecule has 1 aliphatic heterocycles. The summed E-state index contributed by atoms with van der Waals surface area (Å²) in [7, 11) is 1.68. The van der Waals surface area contributed by atoms with E-state index in [0.717, 1.165) is 5.56 Å². The Labute approximate surface area is 172 Å². The zero-order valence-corrected chi connectivity index (χ0v) is 16.6. The third-order valence-electron chi connectivity index (χ3n) is 5.20. The van der Waals surface area contributed by atoms with E-state index >= 15 is 4.39 Å². The number of aliphatic hydroxyl groups is 1. The number of benzene rings is 1. The maximum absolute atomic E-state index is 16.0. The molecule has 0 amide bonds. The molecule has 4 rings (SSSR count). The molecule has 0 radical (unpaired) electrons. The molecule has 11 heteroatoms. The van der Waals surface area contributed by atoms with Gasteiger partial charge in [0.25, 0.3) is 0 Å². The van der Waals surface area contributed by atoms with Crippen LogP contribution < -0.4 is 16.8 Å². The van der Waals surface area contributed by atoms with Crippen molar-refractivity contribution in [2.24, 2.45) is 0 Å². The number of nitrogens with one attached hydrogen (secondary N) is 1. The number of aliphatic hydroxyl groups excluding tert-OH is 1. The Morgan fingerprint density at radius 1 is 1.30 bits per heavy atom. The molecular weight excluding hydrogens is 393 g/mol. The molecule has 6 N–H and O–H groups in total. The highest BCUT2D eigenvalue weighted by Crippen LogP contribution is 2.44. The van der Waals surface area contributed by atoms with E-state index in [1.165, 1.54) is 17.8 Å². The van der Waals surface area contributed by atoms with Crippen LogP contribution in [0.4, 0.5) is 21.8 Å². The topological polar surface area (TPSA) is 146 Å². The largest absolute Gasteiger partial charge is 0.399 e. The van der Waals surface area contributed by atoms with Crippen LogP contribution in [0.5, 0.6) is 0 Å². The summed E-state index contributed by atoms with van der Waals surface area (Å²) < 4.78 is 29.1. The highest BCUT2D eigenvalue weighted by Gasteiger charge is 2.56. The van der Waals surface area contributed by atoms with Crippen molar-refractivity contribution in [3.8, 4) is 0 Å². The number of imidazole rings is 1. The first kappa shape index (κ1) is 20.3. The number of rotatable bonds is 6. The first-order valence-corrected chi connectivity index (χ1v) is 9.44. The van der Waals surface area contributed by atoms with Gasteiger partial charge in [0.05, 0.1) is 19.5 Å². The summed E-state index contributed by atoms with van der Waals surface area (Å²) in [5.74, 6) is 0.437. The van der Waals surface area contributed by atoms with Gasteiger partial charge in [0.15, 0.2) is 28.9 Å². The van der Waals surface area contributed by atoms with Crippen LogP contribution in [0.1, 0.15) is 18.7 Å². The maximum Gasteiger partial charge on any atom is 0.224 e. The van der Waals surface area contributed by atoms with Crippen LogP contribution in [-0.2, 0) is 16.1 Å². The van der Waals surface area contributed by atoms with Crippen molar-refractivity contribution in [3.63, 3.8) is 0 Å². The summed E-state index contributed by atoms with van der Waals surface area (Å²) in [6.45, 7) is 1.10. The van der Waals surface area contributed by atoms with Crippen LogP contribution in [0.2, 0.25) is 0 Å². The van der Waals surface area contributed by atoms with Gasteiger partial charge in [0.2, 0.25) is 5.95 Å². The number of hydrogen-bond donors (Lipinski definition) is 4. The second-order valence-electron chi connectivity index (χ2n) is 7.34. The predicted molar refractivity (Wildman–Crippen MR) is 109 cm³/mol. The van der Waals surface area contributed by atoms with E-state index in [0.29, 0.717) is 22.7 Å². The molecule has 4 atom stereocenters. The van der Waals surface area contributed by atoms with E-state index in [-0.39, 0.29) is 12.6 Å². The smallest absolute Gasteiger partial charge is 0.224 e. The molecule has 0 bridgehead atoms. The standard InChI is InChI=1S/C19H24FN7O3/c1-19(20)14(29-8-10-3-5-11(21)6-4-10)12(7-28)30-17(19)27-9-24-13-15(23-2)25-18(22)26-16(13)27/h3-6,9,12,14,17,28H,7-8,21H2,1-2H3,(H3,22,23,25,26)/t12-,14-,17-,19-/m1/s1. The minimum Gasteiger partial charge on any atom is -0.399 e. The van der Waals surface area contributed by atoms with Crippen LogP contribution in [-0.4, -0.2) is 56.2 Å². The fraction of sp³-hybridized carbons (Fsp3) is 0.421. The van der Waals surface area contributed by atoms with Crippen molar-refractivity contribution in [3.05, 3.63) is 36.2 Å². The molecule has 0 saturated carbocycles. The number of aromatic nitrogens is 4. The van der Waals surface area contributed by atoms with Crippen molar-refractivity contribution in [1.82, 2.24) is 19.5 Å². The van der Waals surface area contributed by atoms with Crippen LogP contribution in [0.25, 0.3) is 11.2 Å². The van der Waals surface area contributed by atoms with Gasteiger partial charge in [-0.1, -0.05) is 12.1 Å². The number of alkyl halides is 1.